The lowest BCUT2D eigenvalue weighted by molar-refractivity contribution is 0.0945. The lowest BCUT2D eigenvalue weighted by Gasteiger charge is -2.15. The largest absolute Gasteiger partial charge is 0.397 e. The van der Waals surface area contributed by atoms with Crippen LogP contribution in [-0.4, -0.2) is 42.0 Å². The molecular weight excluding hydrogens is 252 g/mol. The second-order valence-corrected chi connectivity index (χ2v) is 5.46. The molecule has 5 nitrogen and oxygen atoms in total. The monoisotopic (exact) mass is 272 g/mol. The summed E-state index contributed by atoms with van der Waals surface area (Å²) in [4.78, 5) is 17.5. The second kappa shape index (κ2) is 5.17. The van der Waals surface area contributed by atoms with Crippen LogP contribution in [0.4, 0.5) is 5.69 Å². The van der Waals surface area contributed by atoms with Gasteiger partial charge in [-0.25, -0.2) is 0 Å². The molecule has 1 aliphatic carbocycles. The number of H-pyrrole nitrogens is 1. The lowest BCUT2D eigenvalue weighted by Crippen LogP contribution is -2.34. The summed E-state index contributed by atoms with van der Waals surface area (Å²) in [5.74, 6) is -0.0789. The first-order valence-electron chi connectivity index (χ1n) is 7.01. The fourth-order valence-corrected chi connectivity index (χ4v) is 2.44. The van der Waals surface area contributed by atoms with Crippen molar-refractivity contribution < 1.29 is 4.79 Å². The number of benzene rings is 1. The highest BCUT2D eigenvalue weighted by Crippen LogP contribution is 2.24. The van der Waals surface area contributed by atoms with Crippen LogP contribution in [0.2, 0.25) is 0 Å². The molecule has 1 fully saturated rings. The zero-order valence-electron chi connectivity index (χ0n) is 11.6. The van der Waals surface area contributed by atoms with Crippen LogP contribution in [0.5, 0.6) is 0 Å². The maximum absolute atomic E-state index is 12.1. The van der Waals surface area contributed by atoms with Crippen molar-refractivity contribution in [2.24, 2.45) is 0 Å². The number of anilines is 1. The van der Waals surface area contributed by atoms with E-state index in [-0.39, 0.29) is 5.91 Å². The van der Waals surface area contributed by atoms with E-state index in [0.717, 1.165) is 23.5 Å². The molecule has 20 heavy (non-hydrogen) atoms. The van der Waals surface area contributed by atoms with Crippen molar-refractivity contribution >= 4 is 22.5 Å². The molecule has 2 aromatic rings. The SMILES string of the molecule is CN(CCNC(=O)c1cc2cccc(N)c2[nH]1)C1CC1. The maximum atomic E-state index is 12.1. The van der Waals surface area contributed by atoms with Crippen LogP contribution in [0.1, 0.15) is 23.3 Å². The molecular formula is C15H20N4O. The third kappa shape index (κ3) is 2.63. The van der Waals surface area contributed by atoms with Gasteiger partial charge in [-0.15, -0.1) is 0 Å². The van der Waals surface area contributed by atoms with E-state index in [9.17, 15) is 4.79 Å². The molecule has 0 saturated heterocycles. The van der Waals surface area contributed by atoms with Gasteiger partial charge in [-0.1, -0.05) is 12.1 Å². The van der Waals surface area contributed by atoms with Crippen molar-refractivity contribution in [1.29, 1.82) is 0 Å². The average molecular weight is 272 g/mol. The van der Waals surface area contributed by atoms with Crippen LogP contribution in [-0.2, 0) is 0 Å². The van der Waals surface area contributed by atoms with E-state index >= 15 is 0 Å². The molecule has 5 heteroatoms. The summed E-state index contributed by atoms with van der Waals surface area (Å²) in [6.07, 6.45) is 2.57. The summed E-state index contributed by atoms with van der Waals surface area (Å²) in [5, 5.41) is 3.90. The Morgan fingerprint density at radius 3 is 3.00 bits per heavy atom. The van der Waals surface area contributed by atoms with Gasteiger partial charge < -0.3 is 20.9 Å². The van der Waals surface area contributed by atoms with Crippen molar-refractivity contribution in [3.05, 3.63) is 30.0 Å². The van der Waals surface area contributed by atoms with Crippen LogP contribution in [0.25, 0.3) is 10.9 Å². The number of para-hydroxylation sites is 1. The van der Waals surface area contributed by atoms with Crippen molar-refractivity contribution in [3.8, 4) is 0 Å². The molecule has 0 radical (unpaired) electrons. The number of nitrogens with two attached hydrogens (primary N) is 1. The van der Waals surface area contributed by atoms with Crippen LogP contribution in [0.15, 0.2) is 24.3 Å². The van der Waals surface area contributed by atoms with Gasteiger partial charge in [0.25, 0.3) is 5.91 Å². The standard InChI is InChI=1S/C15H20N4O/c1-19(11-5-6-11)8-7-17-15(20)13-9-10-3-2-4-12(16)14(10)18-13/h2-4,9,11,18H,5-8,16H2,1H3,(H,17,20). The number of carbonyl (C=O) groups excluding carboxylic acids is 1. The number of aromatic nitrogens is 1. The van der Waals surface area contributed by atoms with Crippen molar-refractivity contribution in [3.63, 3.8) is 0 Å². The number of rotatable bonds is 5. The van der Waals surface area contributed by atoms with Gasteiger partial charge in [0.1, 0.15) is 5.69 Å². The molecule has 0 bridgehead atoms. The molecule has 1 heterocycles. The normalized spacial score (nSPS) is 14.9. The molecule has 1 aromatic carbocycles. The predicted octanol–water partition coefficient (Wildman–Crippen LogP) is 1.57. The molecule has 0 atom stereocenters. The minimum atomic E-state index is -0.0789. The van der Waals surface area contributed by atoms with Crippen LogP contribution < -0.4 is 11.1 Å². The summed E-state index contributed by atoms with van der Waals surface area (Å²) >= 11 is 0. The molecule has 4 N–H and O–H groups in total. The molecule has 1 amide bonds. The maximum Gasteiger partial charge on any atom is 0.267 e. The number of fused-ring (bicyclic) bond motifs is 1. The Hall–Kier alpha value is -2.01. The van der Waals surface area contributed by atoms with Gasteiger partial charge in [0.15, 0.2) is 0 Å². The average Bonchev–Trinajstić information content (AvgIpc) is 3.18. The van der Waals surface area contributed by atoms with Crippen LogP contribution in [0.3, 0.4) is 0 Å². The number of hydrogen-bond acceptors (Lipinski definition) is 3. The molecule has 0 unspecified atom stereocenters. The number of likely N-dealkylation sites (N-methyl/N-ethyl adjacent to an activating group) is 1. The van der Waals surface area contributed by atoms with Gasteiger partial charge in [0, 0.05) is 24.5 Å². The second-order valence-electron chi connectivity index (χ2n) is 5.46. The first-order valence-corrected chi connectivity index (χ1v) is 7.01. The number of hydrogen-bond donors (Lipinski definition) is 3. The van der Waals surface area contributed by atoms with Gasteiger partial charge in [0.05, 0.1) is 11.2 Å². The van der Waals surface area contributed by atoms with E-state index in [1.54, 1.807) is 0 Å². The molecule has 1 saturated carbocycles. The third-order valence-electron chi connectivity index (χ3n) is 3.85. The van der Waals surface area contributed by atoms with E-state index in [2.05, 4.69) is 22.2 Å². The predicted molar refractivity (Wildman–Crippen MR) is 80.7 cm³/mol. The number of nitrogen functional groups attached to an aromatic ring is 1. The van der Waals surface area contributed by atoms with Crippen LogP contribution >= 0.6 is 0 Å². The highest BCUT2D eigenvalue weighted by atomic mass is 16.1. The Balaban J connectivity index is 1.61. The quantitative estimate of drug-likeness (QED) is 0.723. The zero-order valence-corrected chi connectivity index (χ0v) is 11.6. The van der Waals surface area contributed by atoms with Gasteiger partial charge in [0.2, 0.25) is 0 Å². The van der Waals surface area contributed by atoms with Crippen molar-refractivity contribution in [2.45, 2.75) is 18.9 Å². The van der Waals surface area contributed by atoms with E-state index in [0.29, 0.717) is 17.9 Å². The Morgan fingerprint density at radius 2 is 2.30 bits per heavy atom. The first kappa shape index (κ1) is 13.0. The van der Waals surface area contributed by atoms with E-state index < -0.39 is 0 Å². The summed E-state index contributed by atoms with van der Waals surface area (Å²) in [5.41, 5.74) is 7.93. The fraction of sp³-hybridized carbons (Fsp3) is 0.400. The molecule has 3 rings (SSSR count). The first-order chi connectivity index (χ1) is 9.65. The minimum absolute atomic E-state index is 0.0789. The summed E-state index contributed by atoms with van der Waals surface area (Å²) < 4.78 is 0. The van der Waals surface area contributed by atoms with E-state index in [1.165, 1.54) is 12.8 Å². The number of nitrogens with zero attached hydrogens (tertiary/aromatic N) is 1. The molecule has 1 aromatic heterocycles. The van der Waals surface area contributed by atoms with Gasteiger partial charge in [-0.05, 0) is 32.0 Å². The van der Waals surface area contributed by atoms with Crippen LogP contribution in [0, 0.1) is 0 Å². The third-order valence-corrected chi connectivity index (χ3v) is 3.85. The molecule has 106 valence electrons. The topological polar surface area (TPSA) is 74.2 Å². The lowest BCUT2D eigenvalue weighted by atomic mass is 10.2. The summed E-state index contributed by atoms with van der Waals surface area (Å²) in [6, 6.07) is 8.22. The molecule has 1 aliphatic rings. The smallest absolute Gasteiger partial charge is 0.267 e. The molecule has 0 aliphatic heterocycles. The minimum Gasteiger partial charge on any atom is -0.397 e. The van der Waals surface area contributed by atoms with E-state index in [4.69, 9.17) is 5.73 Å². The number of amides is 1. The Morgan fingerprint density at radius 1 is 1.50 bits per heavy atom. The highest BCUT2D eigenvalue weighted by Gasteiger charge is 2.25. The summed E-state index contributed by atoms with van der Waals surface area (Å²) in [6.45, 7) is 1.55. The van der Waals surface area contributed by atoms with Gasteiger partial charge in [-0.3, -0.25) is 4.79 Å². The van der Waals surface area contributed by atoms with Crippen molar-refractivity contribution in [2.75, 3.05) is 25.9 Å². The van der Waals surface area contributed by atoms with E-state index in [1.807, 2.05) is 24.3 Å². The van der Waals surface area contributed by atoms with Crippen molar-refractivity contribution in [1.82, 2.24) is 15.2 Å². The van der Waals surface area contributed by atoms with Gasteiger partial charge in [-0.2, -0.15) is 0 Å². The molecule has 0 spiro atoms. The fourth-order valence-electron chi connectivity index (χ4n) is 2.44. The van der Waals surface area contributed by atoms with Gasteiger partial charge >= 0.3 is 0 Å². The Labute approximate surface area is 118 Å². The Kier molecular flexibility index (Phi) is 3.36. The highest BCUT2D eigenvalue weighted by molar-refractivity contribution is 6.00. The zero-order chi connectivity index (χ0) is 14.1. The number of nitrogens with one attached hydrogen (secondary N) is 2. The summed E-state index contributed by atoms with van der Waals surface area (Å²) in [7, 11) is 2.10. The Bertz CT molecular complexity index is 630. The number of carbonyl (C=O) groups is 1. The number of aromatic amines is 1.